The molecule has 1 fully saturated rings. The van der Waals surface area contributed by atoms with Gasteiger partial charge in [0.05, 0.1) is 0 Å². The maximum Gasteiger partial charge on any atom is 0.446 e. The number of alkyl halides is 3. The lowest BCUT2D eigenvalue weighted by Crippen LogP contribution is -2.46. The minimum absolute atomic E-state index is 0.0482. The van der Waals surface area contributed by atoms with E-state index < -0.39 is 5.51 Å². The Morgan fingerprint density at radius 1 is 1.17 bits per heavy atom. The number of benzene rings is 1. The van der Waals surface area contributed by atoms with Crippen molar-refractivity contribution in [3.05, 3.63) is 29.8 Å². The van der Waals surface area contributed by atoms with Crippen molar-refractivity contribution in [1.82, 2.24) is 10.2 Å². The molecule has 0 aliphatic carbocycles. The first-order valence-electron chi connectivity index (χ1n) is 8.21. The Kier molecular flexibility index (Phi) is 6.80. The van der Waals surface area contributed by atoms with E-state index >= 15 is 0 Å². The monoisotopic (exact) mass is 346 g/mol. The molecule has 1 saturated heterocycles. The first kappa shape index (κ1) is 18.6. The van der Waals surface area contributed by atoms with Crippen molar-refractivity contribution in [1.29, 1.82) is 0 Å². The van der Waals surface area contributed by atoms with Crippen LogP contribution in [0.15, 0.2) is 29.2 Å². The molecule has 2 atom stereocenters. The van der Waals surface area contributed by atoms with Crippen LogP contribution in [-0.2, 0) is 0 Å². The van der Waals surface area contributed by atoms with Crippen molar-refractivity contribution in [2.45, 2.75) is 43.1 Å². The molecule has 1 aromatic rings. The summed E-state index contributed by atoms with van der Waals surface area (Å²) in [5.74, 6) is 0.485. The van der Waals surface area contributed by atoms with Gasteiger partial charge in [0.2, 0.25) is 0 Å². The summed E-state index contributed by atoms with van der Waals surface area (Å²) in [5, 5.41) is 3.36. The van der Waals surface area contributed by atoms with Gasteiger partial charge in [-0.05, 0) is 41.8 Å². The van der Waals surface area contributed by atoms with E-state index in [9.17, 15) is 13.2 Å². The number of hydrogen-bond acceptors (Lipinski definition) is 3. The van der Waals surface area contributed by atoms with Crippen LogP contribution in [0, 0.1) is 5.92 Å². The van der Waals surface area contributed by atoms with Gasteiger partial charge < -0.3 is 5.32 Å². The minimum Gasteiger partial charge on any atom is -0.314 e. The summed E-state index contributed by atoms with van der Waals surface area (Å²) < 4.78 is 37.4. The highest BCUT2D eigenvalue weighted by Gasteiger charge is 2.30. The van der Waals surface area contributed by atoms with Crippen molar-refractivity contribution < 1.29 is 13.2 Å². The smallest absolute Gasteiger partial charge is 0.314 e. The van der Waals surface area contributed by atoms with Crippen molar-refractivity contribution >= 4 is 11.8 Å². The van der Waals surface area contributed by atoms with Gasteiger partial charge in [-0.25, -0.2) is 0 Å². The lowest BCUT2D eigenvalue weighted by molar-refractivity contribution is -0.0328. The second-order valence-corrected chi connectivity index (χ2v) is 7.25. The fraction of sp³-hybridized carbons (Fsp3) is 0.647. The molecule has 2 rings (SSSR count). The molecule has 23 heavy (non-hydrogen) atoms. The number of nitrogens with zero attached hydrogens (tertiary/aromatic N) is 1. The second-order valence-electron chi connectivity index (χ2n) is 6.11. The van der Waals surface area contributed by atoms with E-state index in [4.69, 9.17) is 0 Å². The van der Waals surface area contributed by atoms with E-state index in [2.05, 4.69) is 24.1 Å². The quantitative estimate of drug-likeness (QED) is 0.753. The molecular weight excluding hydrogens is 321 g/mol. The van der Waals surface area contributed by atoms with Crippen LogP contribution < -0.4 is 5.32 Å². The van der Waals surface area contributed by atoms with E-state index in [-0.39, 0.29) is 22.7 Å². The van der Waals surface area contributed by atoms with Gasteiger partial charge in [0.1, 0.15) is 0 Å². The lowest BCUT2D eigenvalue weighted by atomic mass is 9.89. The number of piperazine rings is 1. The van der Waals surface area contributed by atoms with Crippen molar-refractivity contribution in [2.75, 3.05) is 26.2 Å². The molecule has 1 aliphatic heterocycles. The average Bonchev–Trinajstić information content (AvgIpc) is 2.49. The summed E-state index contributed by atoms with van der Waals surface area (Å²) in [6.45, 7) is 8.33. The average molecular weight is 346 g/mol. The van der Waals surface area contributed by atoms with E-state index in [0.717, 1.165) is 44.6 Å². The Balaban J connectivity index is 2.17. The Morgan fingerprint density at radius 3 is 2.30 bits per heavy atom. The molecule has 2 nitrogen and oxygen atoms in total. The highest BCUT2D eigenvalue weighted by atomic mass is 32.2. The number of hydrogen-bond donors (Lipinski definition) is 1. The highest BCUT2D eigenvalue weighted by Crippen LogP contribution is 2.38. The Hall–Kier alpha value is -0.720. The molecule has 1 aromatic carbocycles. The fourth-order valence-corrected chi connectivity index (χ4v) is 3.88. The summed E-state index contributed by atoms with van der Waals surface area (Å²) in [6, 6.07) is 7.21. The summed E-state index contributed by atoms with van der Waals surface area (Å²) in [5.41, 5.74) is -3.10. The van der Waals surface area contributed by atoms with Gasteiger partial charge in [0.25, 0.3) is 0 Å². The Morgan fingerprint density at radius 2 is 1.78 bits per heavy atom. The van der Waals surface area contributed by atoms with Crippen LogP contribution >= 0.6 is 11.8 Å². The molecule has 1 N–H and O–H groups in total. The van der Waals surface area contributed by atoms with E-state index in [1.54, 1.807) is 12.1 Å². The molecule has 0 bridgehead atoms. The zero-order valence-electron chi connectivity index (χ0n) is 13.7. The topological polar surface area (TPSA) is 15.3 Å². The van der Waals surface area contributed by atoms with Crippen LogP contribution in [0.5, 0.6) is 0 Å². The third-order valence-corrected chi connectivity index (χ3v) is 5.02. The molecular formula is C17H25F3N2S. The van der Waals surface area contributed by atoms with Crippen LogP contribution in [0.25, 0.3) is 0 Å². The minimum atomic E-state index is -4.23. The second kappa shape index (κ2) is 8.40. The van der Waals surface area contributed by atoms with E-state index in [1.807, 2.05) is 12.1 Å². The molecule has 6 heteroatoms. The first-order chi connectivity index (χ1) is 10.9. The standard InChI is InChI=1S/C17H25F3N2S/c1-3-4-13(2)16(22-11-9-21-10-12-22)14-5-7-15(8-6-14)23-17(18,19)20/h5-8,13,16,21H,3-4,9-12H2,1-2H3/t13?,16-/m0/s1. The van der Waals surface area contributed by atoms with E-state index in [1.165, 1.54) is 0 Å². The lowest BCUT2D eigenvalue weighted by Gasteiger charge is -2.38. The number of rotatable bonds is 6. The number of thioether (sulfide) groups is 1. The van der Waals surface area contributed by atoms with Gasteiger partial charge in [0, 0.05) is 37.1 Å². The summed E-state index contributed by atoms with van der Waals surface area (Å²) >= 11 is -0.0482. The zero-order chi connectivity index (χ0) is 16.9. The van der Waals surface area contributed by atoms with Gasteiger partial charge in [-0.2, -0.15) is 13.2 Å². The van der Waals surface area contributed by atoms with Gasteiger partial charge >= 0.3 is 5.51 Å². The fourth-order valence-electron chi connectivity index (χ4n) is 3.34. The van der Waals surface area contributed by atoms with Gasteiger partial charge in [-0.3, -0.25) is 4.90 Å². The van der Waals surface area contributed by atoms with Crippen LogP contribution in [0.2, 0.25) is 0 Å². The zero-order valence-corrected chi connectivity index (χ0v) is 14.5. The van der Waals surface area contributed by atoms with Crippen molar-refractivity contribution in [3.8, 4) is 0 Å². The third-order valence-electron chi connectivity index (χ3n) is 4.28. The summed E-state index contributed by atoms with van der Waals surface area (Å²) in [6.07, 6.45) is 2.24. The van der Waals surface area contributed by atoms with Crippen LogP contribution in [0.3, 0.4) is 0 Å². The Bertz CT molecular complexity index is 470. The molecule has 130 valence electrons. The molecule has 1 heterocycles. The summed E-state index contributed by atoms with van der Waals surface area (Å²) in [4.78, 5) is 2.71. The maximum atomic E-state index is 12.5. The van der Waals surface area contributed by atoms with Crippen LogP contribution in [0.4, 0.5) is 13.2 Å². The number of halogens is 3. The molecule has 0 spiro atoms. The maximum absolute atomic E-state index is 12.5. The molecule has 1 aliphatic rings. The van der Waals surface area contributed by atoms with Crippen molar-refractivity contribution in [2.24, 2.45) is 5.92 Å². The predicted octanol–water partition coefficient (Wildman–Crippen LogP) is 4.68. The van der Waals surface area contributed by atoms with Crippen LogP contribution in [-0.4, -0.2) is 36.6 Å². The van der Waals surface area contributed by atoms with Gasteiger partial charge in [0.15, 0.2) is 0 Å². The SMILES string of the molecule is CCCC(C)[C@@H](c1ccc(SC(F)(F)F)cc1)N1CCNCC1. The number of nitrogens with one attached hydrogen (secondary N) is 1. The molecule has 0 amide bonds. The van der Waals surface area contributed by atoms with Crippen LogP contribution in [0.1, 0.15) is 38.3 Å². The summed E-state index contributed by atoms with van der Waals surface area (Å²) in [7, 11) is 0. The Labute approximate surface area is 140 Å². The normalized spacial score (nSPS) is 19.5. The molecule has 0 radical (unpaired) electrons. The first-order valence-corrected chi connectivity index (χ1v) is 9.03. The van der Waals surface area contributed by atoms with E-state index in [0.29, 0.717) is 5.92 Å². The van der Waals surface area contributed by atoms with Gasteiger partial charge in [-0.15, -0.1) is 0 Å². The molecule has 0 aromatic heterocycles. The molecule has 1 unspecified atom stereocenters. The third kappa shape index (κ3) is 5.69. The van der Waals surface area contributed by atoms with Crippen molar-refractivity contribution in [3.63, 3.8) is 0 Å². The molecule has 0 saturated carbocycles. The largest absolute Gasteiger partial charge is 0.446 e. The highest BCUT2D eigenvalue weighted by molar-refractivity contribution is 8.00. The predicted molar refractivity (Wildman–Crippen MR) is 89.6 cm³/mol. The van der Waals surface area contributed by atoms with Gasteiger partial charge in [-0.1, -0.05) is 32.4 Å².